The molecule has 0 atom stereocenters. The number of aliphatic hydroxyl groups is 1. The Balaban J connectivity index is 0.000000325. The molecule has 16 heavy (non-hydrogen) atoms. The molecule has 1 amide bonds. The van der Waals surface area contributed by atoms with Crippen LogP contribution < -0.4 is 5.73 Å². The predicted octanol–water partition coefficient (Wildman–Crippen LogP) is 2.44. The molecule has 0 aromatic heterocycles. The maximum atomic E-state index is 9.60. The molecule has 0 bridgehead atoms. The number of carbonyl (C=O) groups excluding carboxylic acids is 1. The van der Waals surface area contributed by atoms with Crippen LogP contribution in [0.1, 0.15) is 52.4 Å². The van der Waals surface area contributed by atoms with Crippen molar-refractivity contribution < 1.29 is 14.6 Å². The first-order valence-corrected chi connectivity index (χ1v) is 6.20. The number of hydrogen-bond donors (Lipinski definition) is 2. The van der Waals surface area contributed by atoms with Crippen molar-refractivity contribution in [2.45, 2.75) is 58.5 Å². The van der Waals surface area contributed by atoms with Crippen LogP contribution in [0, 0.1) is 5.92 Å². The summed E-state index contributed by atoms with van der Waals surface area (Å²) in [5, 5.41) is 9.20. The number of primary amides is 1. The van der Waals surface area contributed by atoms with Gasteiger partial charge in [-0.1, -0.05) is 19.8 Å². The highest BCUT2D eigenvalue weighted by atomic mass is 16.5. The predicted molar refractivity (Wildman–Crippen MR) is 64.1 cm³/mol. The number of amides is 1. The van der Waals surface area contributed by atoms with E-state index in [1.165, 1.54) is 25.7 Å². The molecule has 0 aromatic rings. The molecule has 1 fully saturated rings. The zero-order valence-electron chi connectivity index (χ0n) is 10.4. The number of rotatable bonds is 3. The lowest BCUT2D eigenvalue weighted by Crippen LogP contribution is -2.17. The molecule has 0 unspecified atom stereocenters. The summed E-state index contributed by atoms with van der Waals surface area (Å²) < 4.78 is 4.18. The molecule has 1 aliphatic rings. The minimum atomic E-state index is -0.711. The summed E-state index contributed by atoms with van der Waals surface area (Å²) >= 11 is 0. The molecule has 1 rings (SSSR count). The molecule has 4 heteroatoms. The van der Waals surface area contributed by atoms with Crippen LogP contribution >= 0.6 is 0 Å². The van der Waals surface area contributed by atoms with Crippen molar-refractivity contribution in [3.8, 4) is 0 Å². The van der Waals surface area contributed by atoms with Gasteiger partial charge in [-0.25, -0.2) is 4.79 Å². The van der Waals surface area contributed by atoms with Crippen LogP contribution in [0.15, 0.2) is 0 Å². The monoisotopic (exact) mass is 231 g/mol. The van der Waals surface area contributed by atoms with Gasteiger partial charge < -0.3 is 15.6 Å². The Kier molecular flexibility index (Phi) is 9.00. The summed E-state index contributed by atoms with van der Waals surface area (Å²) in [5.41, 5.74) is 4.54. The van der Waals surface area contributed by atoms with E-state index in [1.54, 1.807) is 6.92 Å². The topological polar surface area (TPSA) is 72.6 Å². The SMILES string of the molecule is CCCC1CCC(O)CC1.CCOC(N)=O. The average Bonchev–Trinajstić information content (AvgIpc) is 2.22. The fraction of sp³-hybridized carbons (Fsp3) is 0.917. The highest BCUT2D eigenvalue weighted by Crippen LogP contribution is 2.27. The number of nitrogens with two attached hydrogens (primary N) is 1. The zero-order chi connectivity index (χ0) is 12.4. The van der Waals surface area contributed by atoms with Gasteiger partial charge in [0.05, 0.1) is 12.7 Å². The van der Waals surface area contributed by atoms with Crippen molar-refractivity contribution in [1.29, 1.82) is 0 Å². The van der Waals surface area contributed by atoms with Gasteiger partial charge in [0, 0.05) is 0 Å². The number of carbonyl (C=O) groups is 1. The van der Waals surface area contributed by atoms with Crippen LogP contribution in [0.3, 0.4) is 0 Å². The summed E-state index contributed by atoms with van der Waals surface area (Å²) in [4.78, 5) is 9.60. The second kappa shape index (κ2) is 9.46. The van der Waals surface area contributed by atoms with E-state index in [4.69, 9.17) is 0 Å². The third-order valence-electron chi connectivity index (χ3n) is 2.80. The number of ether oxygens (including phenoxy) is 1. The van der Waals surface area contributed by atoms with Gasteiger partial charge in [-0.05, 0) is 38.5 Å². The fourth-order valence-electron chi connectivity index (χ4n) is 1.98. The first-order valence-electron chi connectivity index (χ1n) is 6.20. The van der Waals surface area contributed by atoms with E-state index in [-0.39, 0.29) is 6.10 Å². The lowest BCUT2D eigenvalue weighted by molar-refractivity contribution is 0.106. The summed E-state index contributed by atoms with van der Waals surface area (Å²) in [6.45, 7) is 4.30. The number of aliphatic hydroxyl groups excluding tert-OH is 1. The number of hydrogen-bond acceptors (Lipinski definition) is 3. The van der Waals surface area contributed by atoms with Crippen LogP contribution in [0.5, 0.6) is 0 Å². The Bertz CT molecular complexity index is 177. The van der Waals surface area contributed by atoms with Gasteiger partial charge in [-0.15, -0.1) is 0 Å². The quantitative estimate of drug-likeness (QED) is 0.783. The van der Waals surface area contributed by atoms with E-state index >= 15 is 0 Å². The third-order valence-corrected chi connectivity index (χ3v) is 2.80. The van der Waals surface area contributed by atoms with Gasteiger partial charge in [0.2, 0.25) is 0 Å². The molecular formula is C12H25NO3. The van der Waals surface area contributed by atoms with Crippen LogP contribution in [-0.4, -0.2) is 23.9 Å². The van der Waals surface area contributed by atoms with Crippen molar-refractivity contribution in [3.63, 3.8) is 0 Å². The molecule has 0 aliphatic heterocycles. The molecule has 1 saturated carbocycles. The Labute approximate surface area is 98.2 Å². The van der Waals surface area contributed by atoms with E-state index in [0.717, 1.165) is 18.8 Å². The lowest BCUT2D eigenvalue weighted by Gasteiger charge is -2.24. The summed E-state index contributed by atoms with van der Waals surface area (Å²) in [6, 6.07) is 0. The van der Waals surface area contributed by atoms with E-state index in [0.29, 0.717) is 6.61 Å². The maximum Gasteiger partial charge on any atom is 0.404 e. The van der Waals surface area contributed by atoms with Gasteiger partial charge >= 0.3 is 6.09 Å². The maximum absolute atomic E-state index is 9.60. The van der Waals surface area contributed by atoms with Crippen molar-refractivity contribution >= 4 is 6.09 Å². The van der Waals surface area contributed by atoms with E-state index in [2.05, 4.69) is 17.4 Å². The summed E-state index contributed by atoms with van der Waals surface area (Å²) in [6.07, 6.45) is 6.60. The Morgan fingerprint density at radius 1 is 1.31 bits per heavy atom. The van der Waals surface area contributed by atoms with Gasteiger partial charge in [0.15, 0.2) is 0 Å². The molecule has 0 heterocycles. The molecule has 0 aromatic carbocycles. The van der Waals surface area contributed by atoms with Gasteiger partial charge in [0.25, 0.3) is 0 Å². The zero-order valence-corrected chi connectivity index (χ0v) is 10.4. The first-order chi connectivity index (χ1) is 7.60. The second-order valence-corrected chi connectivity index (χ2v) is 4.22. The van der Waals surface area contributed by atoms with Crippen LogP contribution in [0.4, 0.5) is 4.79 Å². The van der Waals surface area contributed by atoms with Gasteiger partial charge in [-0.2, -0.15) is 0 Å². The fourth-order valence-corrected chi connectivity index (χ4v) is 1.98. The summed E-state index contributed by atoms with van der Waals surface area (Å²) in [7, 11) is 0. The van der Waals surface area contributed by atoms with E-state index in [9.17, 15) is 9.90 Å². The molecular weight excluding hydrogens is 206 g/mol. The molecule has 96 valence electrons. The van der Waals surface area contributed by atoms with Crippen molar-refractivity contribution in [2.75, 3.05) is 6.61 Å². The smallest absolute Gasteiger partial charge is 0.404 e. The molecule has 1 aliphatic carbocycles. The molecule has 3 N–H and O–H groups in total. The highest BCUT2D eigenvalue weighted by molar-refractivity contribution is 5.64. The van der Waals surface area contributed by atoms with Crippen molar-refractivity contribution in [2.24, 2.45) is 11.7 Å². The van der Waals surface area contributed by atoms with E-state index < -0.39 is 6.09 Å². The van der Waals surface area contributed by atoms with E-state index in [1.807, 2.05) is 0 Å². The van der Waals surface area contributed by atoms with Gasteiger partial charge in [-0.3, -0.25) is 0 Å². The van der Waals surface area contributed by atoms with Crippen LogP contribution in [0.25, 0.3) is 0 Å². The molecule has 4 nitrogen and oxygen atoms in total. The van der Waals surface area contributed by atoms with Crippen molar-refractivity contribution in [1.82, 2.24) is 0 Å². The van der Waals surface area contributed by atoms with Gasteiger partial charge in [0.1, 0.15) is 0 Å². The Morgan fingerprint density at radius 2 is 1.88 bits per heavy atom. The highest BCUT2D eigenvalue weighted by Gasteiger charge is 2.17. The second-order valence-electron chi connectivity index (χ2n) is 4.22. The largest absolute Gasteiger partial charge is 0.450 e. The minimum absolute atomic E-state index is 0.0214. The molecule has 0 saturated heterocycles. The normalized spacial score (nSPS) is 24.2. The average molecular weight is 231 g/mol. The van der Waals surface area contributed by atoms with Crippen LogP contribution in [-0.2, 0) is 4.74 Å². The lowest BCUT2D eigenvalue weighted by atomic mass is 9.85. The molecule has 0 radical (unpaired) electrons. The Morgan fingerprint density at radius 3 is 2.19 bits per heavy atom. The minimum Gasteiger partial charge on any atom is -0.450 e. The Hall–Kier alpha value is -0.770. The molecule has 0 spiro atoms. The summed E-state index contributed by atoms with van der Waals surface area (Å²) in [5.74, 6) is 0.924. The van der Waals surface area contributed by atoms with Crippen molar-refractivity contribution in [3.05, 3.63) is 0 Å². The first kappa shape index (κ1) is 15.2. The standard InChI is InChI=1S/C9H18O.C3H7NO2/c1-2-3-8-4-6-9(10)7-5-8;1-2-6-3(4)5/h8-10H,2-7H2,1H3;2H2,1H3,(H2,4,5). The van der Waals surface area contributed by atoms with Crippen LogP contribution in [0.2, 0.25) is 0 Å². The third kappa shape index (κ3) is 8.53.